The molecule has 2 unspecified atom stereocenters. The summed E-state index contributed by atoms with van der Waals surface area (Å²) in [6.07, 6.45) is -0.748. The minimum Gasteiger partial charge on any atom is -0.508 e. The summed E-state index contributed by atoms with van der Waals surface area (Å²) in [4.78, 5) is 40.9. The number of thiol groups is 1. The second kappa shape index (κ2) is 12.0. The lowest BCUT2D eigenvalue weighted by molar-refractivity contribution is -0.140. The Kier molecular flexibility index (Phi) is 9.59. The maximum Gasteiger partial charge on any atom is 0.408 e. The van der Waals surface area contributed by atoms with Crippen molar-refractivity contribution in [3.05, 3.63) is 59.2 Å². The van der Waals surface area contributed by atoms with E-state index in [1.165, 1.54) is 17.0 Å². The van der Waals surface area contributed by atoms with E-state index < -0.39 is 35.6 Å². The van der Waals surface area contributed by atoms with E-state index in [0.29, 0.717) is 11.3 Å². The molecule has 0 aliphatic heterocycles. The number of anilines is 1. The number of nitrogens with one attached hydrogen (secondary N) is 2. The van der Waals surface area contributed by atoms with Crippen LogP contribution >= 0.6 is 12.6 Å². The van der Waals surface area contributed by atoms with Crippen molar-refractivity contribution in [2.75, 3.05) is 17.6 Å². The highest BCUT2D eigenvalue weighted by Gasteiger charge is 2.35. The summed E-state index contributed by atoms with van der Waals surface area (Å²) in [5, 5.41) is 15.3. The number of benzene rings is 2. The second-order valence-corrected chi connectivity index (χ2v) is 9.62. The molecule has 0 aromatic heterocycles. The molecule has 2 atom stereocenters. The van der Waals surface area contributed by atoms with E-state index in [-0.39, 0.29) is 18.0 Å². The van der Waals surface area contributed by atoms with Gasteiger partial charge >= 0.3 is 6.09 Å². The van der Waals surface area contributed by atoms with Crippen LogP contribution in [0.15, 0.2) is 42.5 Å². The van der Waals surface area contributed by atoms with Gasteiger partial charge in [0.05, 0.1) is 0 Å². The van der Waals surface area contributed by atoms with Gasteiger partial charge < -0.3 is 25.4 Å². The monoisotopic (exact) mass is 501 g/mol. The van der Waals surface area contributed by atoms with E-state index in [1.807, 2.05) is 32.0 Å². The number of phenols is 1. The summed E-state index contributed by atoms with van der Waals surface area (Å²) in [6, 6.07) is 9.76. The van der Waals surface area contributed by atoms with Gasteiger partial charge in [0.15, 0.2) is 0 Å². The van der Waals surface area contributed by atoms with Crippen LogP contribution in [0, 0.1) is 13.8 Å². The highest BCUT2D eigenvalue weighted by molar-refractivity contribution is 7.80. The Balaban J connectivity index is 2.42. The van der Waals surface area contributed by atoms with Gasteiger partial charge in [-0.3, -0.25) is 9.59 Å². The third-order valence-electron chi connectivity index (χ3n) is 5.29. The van der Waals surface area contributed by atoms with Crippen LogP contribution in [0.1, 0.15) is 50.4 Å². The third-order valence-corrected chi connectivity index (χ3v) is 5.66. The largest absolute Gasteiger partial charge is 0.508 e. The fourth-order valence-corrected chi connectivity index (χ4v) is 3.88. The number of rotatable bonds is 8. The summed E-state index contributed by atoms with van der Waals surface area (Å²) in [7, 11) is 0. The Labute approximate surface area is 212 Å². The number of nitrogens with zero attached hydrogens (tertiary/aromatic N) is 1. The van der Waals surface area contributed by atoms with Crippen molar-refractivity contribution >= 4 is 36.2 Å². The van der Waals surface area contributed by atoms with Crippen LogP contribution in [0.3, 0.4) is 0 Å². The van der Waals surface area contributed by atoms with Crippen molar-refractivity contribution in [3.63, 3.8) is 0 Å². The van der Waals surface area contributed by atoms with Crippen LogP contribution in [0.5, 0.6) is 5.75 Å². The van der Waals surface area contributed by atoms with Gasteiger partial charge in [-0.2, -0.15) is 12.6 Å². The Bertz CT molecular complexity index is 1030. The summed E-state index contributed by atoms with van der Waals surface area (Å²) < 4.78 is 5.28. The molecule has 9 heteroatoms. The molecule has 0 fully saturated rings. The highest BCUT2D eigenvalue weighted by atomic mass is 32.1. The van der Waals surface area contributed by atoms with Crippen molar-refractivity contribution in [2.45, 2.75) is 59.2 Å². The predicted molar refractivity (Wildman–Crippen MR) is 140 cm³/mol. The predicted octanol–water partition coefficient (Wildman–Crippen LogP) is 4.36. The number of hydrogen-bond acceptors (Lipinski definition) is 6. The van der Waals surface area contributed by atoms with Crippen molar-refractivity contribution in [3.8, 4) is 5.75 Å². The third kappa shape index (κ3) is 7.65. The van der Waals surface area contributed by atoms with Gasteiger partial charge in [0.2, 0.25) is 5.91 Å². The number of aromatic hydroxyl groups is 1. The molecule has 2 rings (SSSR count). The van der Waals surface area contributed by atoms with E-state index in [4.69, 9.17) is 4.74 Å². The Morgan fingerprint density at radius 1 is 1.06 bits per heavy atom. The van der Waals surface area contributed by atoms with Crippen LogP contribution in [0.2, 0.25) is 0 Å². The van der Waals surface area contributed by atoms with Crippen molar-refractivity contribution in [2.24, 2.45) is 0 Å². The van der Waals surface area contributed by atoms with E-state index in [1.54, 1.807) is 39.8 Å². The zero-order chi connectivity index (χ0) is 26.3. The first-order chi connectivity index (χ1) is 16.4. The molecule has 190 valence electrons. The van der Waals surface area contributed by atoms with E-state index in [2.05, 4.69) is 23.3 Å². The lowest BCUT2D eigenvalue weighted by atomic mass is 10.0. The lowest BCUT2D eigenvalue weighted by Crippen LogP contribution is -2.53. The number of aryl methyl sites for hydroxylation is 2. The molecule has 0 radical (unpaired) electrons. The smallest absolute Gasteiger partial charge is 0.408 e. The van der Waals surface area contributed by atoms with E-state index >= 15 is 0 Å². The molecule has 0 aliphatic carbocycles. The number of ether oxygens (including phenoxy) is 1. The van der Waals surface area contributed by atoms with Gasteiger partial charge in [0.1, 0.15) is 23.4 Å². The SMILES string of the molecule is CCN(C(=O)C(CS)NC(=O)OC(C)(C)C)C(C(=O)Nc1c(C)cccc1C)c1ccc(O)cc1. The van der Waals surface area contributed by atoms with Gasteiger partial charge in [0, 0.05) is 18.0 Å². The van der Waals surface area contributed by atoms with Crippen LogP contribution in [-0.4, -0.2) is 51.9 Å². The van der Waals surface area contributed by atoms with Gasteiger partial charge in [-0.25, -0.2) is 4.79 Å². The van der Waals surface area contributed by atoms with Gasteiger partial charge in [-0.1, -0.05) is 30.3 Å². The first kappa shape index (κ1) is 28.0. The topological polar surface area (TPSA) is 108 Å². The number of hydrogen-bond donors (Lipinski definition) is 4. The zero-order valence-electron chi connectivity index (χ0n) is 21.1. The molecule has 0 aliphatic rings. The number of alkyl carbamates (subject to hydrolysis) is 1. The van der Waals surface area contributed by atoms with Gasteiger partial charge in [-0.15, -0.1) is 0 Å². The number of para-hydroxylation sites is 1. The fraction of sp³-hybridized carbons (Fsp3) is 0.423. The molecule has 2 aromatic rings. The number of likely N-dealkylation sites (N-methyl/N-ethyl adjacent to an activating group) is 1. The van der Waals surface area contributed by atoms with E-state index in [9.17, 15) is 19.5 Å². The highest BCUT2D eigenvalue weighted by Crippen LogP contribution is 2.28. The number of amides is 3. The van der Waals surface area contributed by atoms with Gasteiger partial charge in [0.25, 0.3) is 5.91 Å². The molecule has 35 heavy (non-hydrogen) atoms. The zero-order valence-corrected chi connectivity index (χ0v) is 22.0. The molecule has 3 amide bonds. The molecule has 0 spiro atoms. The molecule has 2 aromatic carbocycles. The fourth-order valence-electron chi connectivity index (χ4n) is 3.63. The molecule has 3 N–H and O–H groups in total. The number of carbonyl (C=O) groups excluding carboxylic acids is 3. The lowest BCUT2D eigenvalue weighted by Gasteiger charge is -2.33. The van der Waals surface area contributed by atoms with Crippen molar-refractivity contribution < 1.29 is 24.2 Å². The quantitative estimate of drug-likeness (QED) is 0.402. The molecular formula is C26H35N3O5S. The molecule has 0 heterocycles. The standard InChI is InChI=1S/C26H35N3O5S/c1-7-29(24(32)20(15-35)27-25(33)34-26(4,5)6)22(18-11-13-19(30)14-12-18)23(31)28-21-16(2)9-8-10-17(21)3/h8-14,20,22,30,35H,7,15H2,1-6H3,(H,27,33)(H,28,31). The van der Waals surface area contributed by atoms with Crippen molar-refractivity contribution in [1.29, 1.82) is 0 Å². The first-order valence-corrected chi connectivity index (χ1v) is 12.1. The normalized spacial score (nSPS) is 12.9. The average Bonchev–Trinajstić information content (AvgIpc) is 2.77. The summed E-state index contributed by atoms with van der Waals surface area (Å²) in [6.45, 7) is 10.9. The second-order valence-electron chi connectivity index (χ2n) is 9.26. The Morgan fingerprint density at radius 2 is 1.63 bits per heavy atom. The maximum atomic E-state index is 13.6. The van der Waals surface area contributed by atoms with Crippen LogP contribution in [0.4, 0.5) is 10.5 Å². The van der Waals surface area contributed by atoms with Crippen LogP contribution < -0.4 is 10.6 Å². The molecule has 8 nitrogen and oxygen atoms in total. The summed E-state index contributed by atoms with van der Waals surface area (Å²) in [5.74, 6) is -0.853. The summed E-state index contributed by atoms with van der Waals surface area (Å²) in [5.41, 5.74) is 2.21. The Morgan fingerprint density at radius 3 is 2.11 bits per heavy atom. The molecule has 0 saturated heterocycles. The number of carbonyl (C=O) groups is 3. The minimum atomic E-state index is -1.02. The van der Waals surface area contributed by atoms with Crippen molar-refractivity contribution in [1.82, 2.24) is 10.2 Å². The number of phenolic OH excluding ortho intramolecular Hbond substituents is 1. The molecule has 0 bridgehead atoms. The molecular weight excluding hydrogens is 466 g/mol. The maximum absolute atomic E-state index is 13.6. The van der Waals surface area contributed by atoms with Crippen LogP contribution in [-0.2, 0) is 14.3 Å². The Hall–Kier alpha value is -3.20. The van der Waals surface area contributed by atoms with Gasteiger partial charge in [-0.05, 0) is 70.4 Å². The molecule has 0 saturated carbocycles. The van der Waals surface area contributed by atoms with E-state index in [0.717, 1.165) is 11.1 Å². The summed E-state index contributed by atoms with van der Waals surface area (Å²) >= 11 is 4.25. The minimum absolute atomic E-state index is 0.00932. The first-order valence-electron chi connectivity index (χ1n) is 11.4. The average molecular weight is 502 g/mol. The van der Waals surface area contributed by atoms with Crippen LogP contribution in [0.25, 0.3) is 0 Å².